The van der Waals surface area contributed by atoms with Crippen molar-refractivity contribution in [2.45, 2.75) is 33.2 Å². The Morgan fingerprint density at radius 2 is 1.83 bits per heavy atom. The minimum Gasteiger partial charge on any atom is -0.497 e. The summed E-state index contributed by atoms with van der Waals surface area (Å²) in [5, 5.41) is 3.03. The lowest BCUT2D eigenvalue weighted by Crippen LogP contribution is -2.32. The van der Waals surface area contributed by atoms with Gasteiger partial charge in [-0.15, -0.1) is 0 Å². The van der Waals surface area contributed by atoms with E-state index in [9.17, 15) is 4.79 Å². The molecule has 0 aromatic heterocycles. The Kier molecular flexibility index (Phi) is 6.24. The van der Waals surface area contributed by atoms with Crippen molar-refractivity contribution in [1.82, 2.24) is 5.32 Å². The maximum Gasteiger partial charge on any atom is 0.258 e. The van der Waals surface area contributed by atoms with E-state index in [0.717, 1.165) is 12.0 Å². The fourth-order valence-corrected chi connectivity index (χ4v) is 2.48. The van der Waals surface area contributed by atoms with Crippen LogP contribution in [0.4, 0.5) is 0 Å². The van der Waals surface area contributed by atoms with Gasteiger partial charge in [-0.2, -0.15) is 0 Å². The maximum absolute atomic E-state index is 12.2. The summed E-state index contributed by atoms with van der Waals surface area (Å²) < 4.78 is 10.7. The Balaban J connectivity index is 1.95. The summed E-state index contributed by atoms with van der Waals surface area (Å²) in [7, 11) is 1.60. The van der Waals surface area contributed by atoms with Crippen LogP contribution in [0.5, 0.6) is 11.5 Å². The van der Waals surface area contributed by atoms with Gasteiger partial charge in [-0.25, -0.2) is 0 Å². The average Bonchev–Trinajstić information content (AvgIpc) is 2.60. The van der Waals surface area contributed by atoms with Gasteiger partial charge in [0.1, 0.15) is 11.5 Å². The number of benzene rings is 2. The molecule has 0 spiro atoms. The molecule has 0 saturated carbocycles. The quantitative estimate of drug-likeness (QED) is 0.837. The van der Waals surface area contributed by atoms with Gasteiger partial charge in [0.05, 0.1) is 13.2 Å². The van der Waals surface area contributed by atoms with Crippen molar-refractivity contribution >= 4 is 5.91 Å². The van der Waals surface area contributed by atoms with Crippen LogP contribution in [0.1, 0.15) is 36.1 Å². The lowest BCUT2D eigenvalue weighted by atomic mass is 9.99. The fourth-order valence-electron chi connectivity index (χ4n) is 2.48. The molecule has 0 saturated heterocycles. The number of carbonyl (C=O) groups is 1. The smallest absolute Gasteiger partial charge is 0.258 e. The van der Waals surface area contributed by atoms with E-state index in [-0.39, 0.29) is 18.6 Å². The van der Waals surface area contributed by atoms with E-state index in [1.54, 1.807) is 19.2 Å². The lowest BCUT2D eigenvalue weighted by Gasteiger charge is -2.19. The molecule has 1 atom stereocenters. The monoisotopic (exact) mass is 327 g/mol. The van der Waals surface area contributed by atoms with Gasteiger partial charge in [0, 0.05) is 6.07 Å². The molecular weight excluding hydrogens is 302 g/mol. The highest BCUT2D eigenvalue weighted by atomic mass is 16.5. The fraction of sp³-hybridized carbons (Fsp3) is 0.350. The van der Waals surface area contributed by atoms with Gasteiger partial charge >= 0.3 is 0 Å². The van der Waals surface area contributed by atoms with Gasteiger partial charge in [-0.05, 0) is 49.1 Å². The molecule has 0 radical (unpaired) electrons. The van der Waals surface area contributed by atoms with Crippen molar-refractivity contribution in [1.29, 1.82) is 0 Å². The predicted octanol–water partition coefficient (Wildman–Crippen LogP) is 3.96. The molecule has 1 amide bonds. The van der Waals surface area contributed by atoms with Crippen molar-refractivity contribution in [2.24, 2.45) is 0 Å². The highest BCUT2D eigenvalue weighted by Gasteiger charge is 2.14. The first kappa shape index (κ1) is 17.9. The van der Waals surface area contributed by atoms with Crippen LogP contribution in [0.2, 0.25) is 0 Å². The van der Waals surface area contributed by atoms with Crippen LogP contribution < -0.4 is 14.8 Å². The number of rotatable bonds is 7. The predicted molar refractivity (Wildman–Crippen MR) is 95.6 cm³/mol. The van der Waals surface area contributed by atoms with Crippen molar-refractivity contribution in [3.8, 4) is 11.5 Å². The number of ether oxygens (including phenoxy) is 2. The molecule has 0 heterocycles. The van der Waals surface area contributed by atoms with Gasteiger partial charge in [-0.1, -0.05) is 31.2 Å². The summed E-state index contributed by atoms with van der Waals surface area (Å²) in [4.78, 5) is 12.2. The molecule has 0 unspecified atom stereocenters. The molecule has 4 heteroatoms. The Morgan fingerprint density at radius 3 is 2.50 bits per heavy atom. The highest BCUT2D eigenvalue weighted by molar-refractivity contribution is 5.78. The minimum atomic E-state index is -0.136. The minimum absolute atomic E-state index is 0.00860. The van der Waals surface area contributed by atoms with Crippen LogP contribution in [-0.2, 0) is 4.79 Å². The zero-order valence-electron chi connectivity index (χ0n) is 14.8. The largest absolute Gasteiger partial charge is 0.497 e. The van der Waals surface area contributed by atoms with E-state index in [1.165, 1.54) is 11.1 Å². The van der Waals surface area contributed by atoms with Gasteiger partial charge in [0.15, 0.2) is 6.61 Å². The third-order valence-electron chi connectivity index (χ3n) is 4.09. The number of nitrogens with one attached hydrogen (secondary N) is 1. The van der Waals surface area contributed by atoms with Gasteiger partial charge < -0.3 is 14.8 Å². The Labute approximate surface area is 143 Å². The first-order valence-electron chi connectivity index (χ1n) is 8.16. The molecule has 2 aromatic carbocycles. The molecule has 4 nitrogen and oxygen atoms in total. The number of methoxy groups -OCH3 is 1. The van der Waals surface area contributed by atoms with E-state index < -0.39 is 0 Å². The van der Waals surface area contributed by atoms with Crippen LogP contribution in [0, 0.1) is 13.8 Å². The molecule has 0 bridgehead atoms. The molecule has 0 aliphatic carbocycles. The SMILES string of the molecule is CC[C@H](NC(=O)COc1cccc(OC)c1)c1ccc(C)c(C)c1. The van der Waals surface area contributed by atoms with E-state index in [2.05, 4.69) is 44.3 Å². The molecule has 0 aliphatic rings. The maximum atomic E-state index is 12.2. The lowest BCUT2D eigenvalue weighted by molar-refractivity contribution is -0.123. The zero-order valence-corrected chi connectivity index (χ0v) is 14.8. The van der Waals surface area contributed by atoms with E-state index >= 15 is 0 Å². The standard InChI is InChI=1S/C20H25NO3/c1-5-19(16-10-9-14(2)15(3)11-16)21-20(22)13-24-18-8-6-7-17(12-18)23-4/h6-12,19H,5,13H2,1-4H3,(H,21,22)/t19-/m0/s1. The van der Waals surface area contributed by atoms with Crippen molar-refractivity contribution < 1.29 is 14.3 Å². The summed E-state index contributed by atoms with van der Waals surface area (Å²) in [6, 6.07) is 13.5. The normalized spacial score (nSPS) is 11.7. The second-order valence-electron chi connectivity index (χ2n) is 5.84. The van der Waals surface area contributed by atoms with Crippen LogP contribution in [-0.4, -0.2) is 19.6 Å². The summed E-state index contributed by atoms with van der Waals surface area (Å²) in [5.41, 5.74) is 3.60. The van der Waals surface area contributed by atoms with Crippen LogP contribution in [0.3, 0.4) is 0 Å². The first-order chi connectivity index (χ1) is 11.5. The third kappa shape index (κ3) is 4.75. The molecule has 128 valence electrons. The van der Waals surface area contributed by atoms with Gasteiger partial charge in [0.2, 0.25) is 0 Å². The second kappa shape index (κ2) is 8.39. The number of hydrogen-bond donors (Lipinski definition) is 1. The third-order valence-corrected chi connectivity index (χ3v) is 4.09. The number of hydrogen-bond acceptors (Lipinski definition) is 3. The second-order valence-corrected chi connectivity index (χ2v) is 5.84. The van der Waals surface area contributed by atoms with Crippen LogP contribution in [0.25, 0.3) is 0 Å². The summed E-state index contributed by atoms with van der Waals surface area (Å²) in [6.45, 7) is 6.21. The molecule has 2 aromatic rings. The van der Waals surface area contributed by atoms with Crippen molar-refractivity contribution in [2.75, 3.05) is 13.7 Å². The summed E-state index contributed by atoms with van der Waals surface area (Å²) in [5.74, 6) is 1.18. The van der Waals surface area contributed by atoms with Crippen molar-refractivity contribution in [3.63, 3.8) is 0 Å². The van der Waals surface area contributed by atoms with Crippen molar-refractivity contribution in [3.05, 3.63) is 59.2 Å². The van der Waals surface area contributed by atoms with Crippen LogP contribution >= 0.6 is 0 Å². The van der Waals surface area contributed by atoms with Gasteiger partial charge in [-0.3, -0.25) is 4.79 Å². The molecular formula is C20H25NO3. The number of aryl methyl sites for hydroxylation is 2. The Morgan fingerprint density at radius 1 is 1.08 bits per heavy atom. The van der Waals surface area contributed by atoms with E-state index in [1.807, 2.05) is 12.1 Å². The molecule has 2 rings (SSSR count). The highest BCUT2D eigenvalue weighted by Crippen LogP contribution is 2.21. The Hall–Kier alpha value is -2.49. The first-order valence-corrected chi connectivity index (χ1v) is 8.16. The summed E-state index contributed by atoms with van der Waals surface area (Å²) >= 11 is 0. The topological polar surface area (TPSA) is 47.6 Å². The summed E-state index contributed by atoms with van der Waals surface area (Å²) in [6.07, 6.45) is 0.827. The molecule has 24 heavy (non-hydrogen) atoms. The van der Waals surface area contributed by atoms with Gasteiger partial charge in [0.25, 0.3) is 5.91 Å². The number of amides is 1. The Bertz CT molecular complexity index is 697. The van der Waals surface area contributed by atoms with E-state index in [0.29, 0.717) is 11.5 Å². The molecule has 0 fully saturated rings. The average molecular weight is 327 g/mol. The molecule has 0 aliphatic heterocycles. The van der Waals surface area contributed by atoms with E-state index in [4.69, 9.17) is 9.47 Å². The van der Waals surface area contributed by atoms with Crippen LogP contribution in [0.15, 0.2) is 42.5 Å². The number of carbonyl (C=O) groups excluding carboxylic acids is 1. The molecule has 1 N–H and O–H groups in total. The zero-order chi connectivity index (χ0) is 17.5.